The van der Waals surface area contributed by atoms with Crippen LogP contribution in [-0.4, -0.2) is 35.7 Å². The molecule has 82 valence electrons. The topological polar surface area (TPSA) is 49.3 Å². The quantitative estimate of drug-likeness (QED) is 0.731. The minimum Gasteiger partial charge on any atom is -0.481 e. The standard InChI is InChI=1S/C10H19NO2S/c1-10(2,9(12)13)7-11-5-8-3-4-14-6-8/h8,11H,3-7H2,1-2H3,(H,12,13). The first-order valence-corrected chi connectivity index (χ1v) is 6.20. The van der Waals surface area contributed by atoms with Crippen LogP contribution < -0.4 is 5.32 Å². The fourth-order valence-electron chi connectivity index (χ4n) is 1.41. The van der Waals surface area contributed by atoms with Crippen molar-refractivity contribution < 1.29 is 9.90 Å². The van der Waals surface area contributed by atoms with Crippen LogP contribution in [0.3, 0.4) is 0 Å². The Balaban J connectivity index is 2.16. The Hall–Kier alpha value is -0.220. The summed E-state index contributed by atoms with van der Waals surface area (Å²) in [7, 11) is 0. The fraction of sp³-hybridized carbons (Fsp3) is 0.900. The molecule has 3 nitrogen and oxygen atoms in total. The molecule has 1 aliphatic rings. The lowest BCUT2D eigenvalue weighted by atomic mass is 9.93. The minimum atomic E-state index is -0.731. The molecule has 0 bridgehead atoms. The Morgan fingerprint density at radius 1 is 1.64 bits per heavy atom. The van der Waals surface area contributed by atoms with Gasteiger partial charge in [0.1, 0.15) is 0 Å². The molecule has 1 fully saturated rings. The molecular weight excluding hydrogens is 198 g/mol. The van der Waals surface area contributed by atoms with Crippen LogP contribution in [-0.2, 0) is 4.79 Å². The van der Waals surface area contributed by atoms with E-state index in [9.17, 15) is 4.79 Å². The predicted octanol–water partition coefficient (Wildman–Crippen LogP) is 1.44. The van der Waals surface area contributed by atoms with Crippen LogP contribution in [0.2, 0.25) is 0 Å². The van der Waals surface area contributed by atoms with Gasteiger partial charge in [-0.2, -0.15) is 11.8 Å². The molecule has 2 N–H and O–H groups in total. The smallest absolute Gasteiger partial charge is 0.310 e. The van der Waals surface area contributed by atoms with Crippen LogP contribution in [0.5, 0.6) is 0 Å². The van der Waals surface area contributed by atoms with Crippen molar-refractivity contribution >= 4 is 17.7 Å². The highest BCUT2D eigenvalue weighted by atomic mass is 32.2. The lowest BCUT2D eigenvalue weighted by molar-refractivity contribution is -0.146. The largest absolute Gasteiger partial charge is 0.481 e. The second kappa shape index (κ2) is 5.03. The van der Waals surface area contributed by atoms with Crippen LogP contribution >= 0.6 is 11.8 Å². The molecule has 0 aliphatic carbocycles. The van der Waals surface area contributed by atoms with Crippen molar-refractivity contribution in [2.24, 2.45) is 11.3 Å². The Morgan fingerprint density at radius 2 is 2.36 bits per heavy atom. The molecule has 1 atom stereocenters. The molecule has 1 aliphatic heterocycles. The van der Waals surface area contributed by atoms with Gasteiger partial charge < -0.3 is 10.4 Å². The summed E-state index contributed by atoms with van der Waals surface area (Å²) in [5, 5.41) is 12.1. The summed E-state index contributed by atoms with van der Waals surface area (Å²) in [4.78, 5) is 10.8. The van der Waals surface area contributed by atoms with Crippen LogP contribution in [0.1, 0.15) is 20.3 Å². The van der Waals surface area contributed by atoms with Gasteiger partial charge in [0.15, 0.2) is 0 Å². The molecule has 1 heterocycles. The third kappa shape index (κ3) is 3.50. The number of carboxylic acids is 1. The minimum absolute atomic E-state index is 0.559. The molecule has 0 aromatic rings. The second-order valence-corrected chi connectivity index (χ2v) is 5.70. The van der Waals surface area contributed by atoms with Crippen LogP contribution in [0, 0.1) is 11.3 Å². The zero-order chi connectivity index (χ0) is 10.6. The van der Waals surface area contributed by atoms with Gasteiger partial charge in [0.2, 0.25) is 0 Å². The van der Waals surface area contributed by atoms with Gasteiger partial charge in [-0.1, -0.05) is 0 Å². The van der Waals surface area contributed by atoms with E-state index < -0.39 is 11.4 Å². The lowest BCUT2D eigenvalue weighted by Gasteiger charge is -2.20. The van der Waals surface area contributed by atoms with Crippen molar-refractivity contribution in [3.63, 3.8) is 0 Å². The Labute approximate surface area is 89.6 Å². The molecule has 0 amide bonds. The van der Waals surface area contributed by atoms with Crippen LogP contribution in [0.4, 0.5) is 0 Å². The molecule has 1 unspecified atom stereocenters. The van der Waals surface area contributed by atoms with Crippen molar-refractivity contribution in [2.75, 3.05) is 24.6 Å². The number of carboxylic acid groups (broad SMARTS) is 1. The lowest BCUT2D eigenvalue weighted by Crippen LogP contribution is -2.38. The molecule has 0 spiro atoms. The maximum absolute atomic E-state index is 10.8. The van der Waals surface area contributed by atoms with E-state index in [0.29, 0.717) is 6.54 Å². The summed E-state index contributed by atoms with van der Waals surface area (Å²) in [6, 6.07) is 0. The monoisotopic (exact) mass is 217 g/mol. The van der Waals surface area contributed by atoms with E-state index >= 15 is 0 Å². The van der Waals surface area contributed by atoms with E-state index in [1.54, 1.807) is 13.8 Å². The zero-order valence-electron chi connectivity index (χ0n) is 8.88. The molecule has 0 saturated carbocycles. The summed E-state index contributed by atoms with van der Waals surface area (Å²) >= 11 is 1.99. The van der Waals surface area contributed by atoms with E-state index in [4.69, 9.17) is 5.11 Å². The van der Waals surface area contributed by atoms with Crippen molar-refractivity contribution in [3.8, 4) is 0 Å². The molecule has 0 aromatic carbocycles. The Bertz CT molecular complexity index is 200. The number of hydrogen-bond acceptors (Lipinski definition) is 3. The zero-order valence-corrected chi connectivity index (χ0v) is 9.69. The number of aliphatic carboxylic acids is 1. The van der Waals surface area contributed by atoms with Gasteiger partial charge in [0.25, 0.3) is 0 Å². The predicted molar refractivity (Wildman–Crippen MR) is 59.7 cm³/mol. The first kappa shape index (κ1) is 11.9. The van der Waals surface area contributed by atoms with Gasteiger partial charge in [-0.3, -0.25) is 4.79 Å². The van der Waals surface area contributed by atoms with Gasteiger partial charge in [-0.05, 0) is 44.2 Å². The molecule has 1 rings (SSSR count). The highest BCUT2D eigenvalue weighted by Crippen LogP contribution is 2.22. The van der Waals surface area contributed by atoms with Crippen LogP contribution in [0.25, 0.3) is 0 Å². The van der Waals surface area contributed by atoms with Crippen LogP contribution in [0.15, 0.2) is 0 Å². The van der Waals surface area contributed by atoms with Gasteiger partial charge in [0, 0.05) is 6.54 Å². The molecule has 0 aromatic heterocycles. The van der Waals surface area contributed by atoms with Gasteiger partial charge in [0.05, 0.1) is 5.41 Å². The second-order valence-electron chi connectivity index (χ2n) is 4.55. The summed E-state index contributed by atoms with van der Waals surface area (Å²) < 4.78 is 0. The molecule has 14 heavy (non-hydrogen) atoms. The average molecular weight is 217 g/mol. The van der Waals surface area contributed by atoms with Gasteiger partial charge in [-0.25, -0.2) is 0 Å². The fourth-order valence-corrected chi connectivity index (χ4v) is 2.69. The maximum atomic E-state index is 10.8. The highest BCUT2D eigenvalue weighted by Gasteiger charge is 2.27. The summed E-state index contributed by atoms with van der Waals surface area (Å²) in [5.41, 5.74) is -0.647. The Morgan fingerprint density at radius 3 is 2.86 bits per heavy atom. The number of nitrogens with one attached hydrogen (secondary N) is 1. The third-order valence-corrected chi connectivity index (χ3v) is 3.83. The summed E-state index contributed by atoms with van der Waals surface area (Å²) in [6.45, 7) is 5.03. The molecule has 4 heteroatoms. The normalized spacial score (nSPS) is 22.6. The third-order valence-electron chi connectivity index (χ3n) is 2.60. The van der Waals surface area contributed by atoms with E-state index in [1.807, 2.05) is 11.8 Å². The first-order valence-electron chi connectivity index (χ1n) is 5.04. The van der Waals surface area contributed by atoms with Gasteiger partial charge >= 0.3 is 5.97 Å². The number of hydrogen-bond donors (Lipinski definition) is 2. The van der Waals surface area contributed by atoms with E-state index in [-0.39, 0.29) is 0 Å². The van der Waals surface area contributed by atoms with E-state index in [2.05, 4.69) is 5.32 Å². The number of carbonyl (C=O) groups is 1. The Kier molecular flexibility index (Phi) is 4.26. The van der Waals surface area contributed by atoms with Crippen molar-refractivity contribution in [3.05, 3.63) is 0 Å². The van der Waals surface area contributed by atoms with Gasteiger partial charge in [-0.15, -0.1) is 0 Å². The van der Waals surface area contributed by atoms with E-state index in [0.717, 1.165) is 12.5 Å². The van der Waals surface area contributed by atoms with Crippen molar-refractivity contribution in [2.45, 2.75) is 20.3 Å². The average Bonchev–Trinajstić information content (AvgIpc) is 2.56. The number of rotatable bonds is 5. The summed E-state index contributed by atoms with van der Waals surface area (Å²) in [5.74, 6) is 2.49. The SMILES string of the molecule is CC(C)(CNCC1CCSC1)C(=O)O. The number of thioether (sulfide) groups is 1. The van der Waals surface area contributed by atoms with Crippen molar-refractivity contribution in [1.29, 1.82) is 0 Å². The maximum Gasteiger partial charge on any atom is 0.310 e. The first-order chi connectivity index (χ1) is 6.52. The molecule has 0 radical (unpaired) electrons. The summed E-state index contributed by atoms with van der Waals surface area (Å²) in [6.07, 6.45) is 1.27. The van der Waals surface area contributed by atoms with E-state index in [1.165, 1.54) is 17.9 Å². The molecular formula is C10H19NO2S. The van der Waals surface area contributed by atoms with Crippen molar-refractivity contribution in [1.82, 2.24) is 5.32 Å². The molecule has 1 saturated heterocycles. The highest BCUT2D eigenvalue weighted by molar-refractivity contribution is 7.99.